The second kappa shape index (κ2) is 5.13. The molecule has 2 N–H and O–H groups in total. The Hall–Kier alpha value is -1.58. The zero-order valence-corrected chi connectivity index (χ0v) is 7.58. The van der Waals surface area contributed by atoms with Gasteiger partial charge in [-0.05, 0) is 19.1 Å². The largest absolute Gasteiger partial charge is 0.338 e. The maximum atomic E-state index is 11.0. The second-order valence-electron chi connectivity index (χ2n) is 2.53. The molecule has 70 valence electrons. The average molecular weight is 179 g/mol. The van der Waals surface area contributed by atoms with Crippen LogP contribution >= 0.6 is 0 Å². The second-order valence-corrected chi connectivity index (χ2v) is 2.53. The smallest absolute Gasteiger partial charge is 0.315 e. The molecule has 0 aliphatic rings. The van der Waals surface area contributed by atoms with Crippen molar-refractivity contribution in [3.8, 4) is 0 Å². The van der Waals surface area contributed by atoms with Gasteiger partial charge in [-0.25, -0.2) is 4.79 Å². The number of nitrogens with one attached hydrogen (secondary N) is 2. The normalized spacial score (nSPS) is 9.31. The van der Waals surface area contributed by atoms with Crippen LogP contribution in [0.4, 0.5) is 4.79 Å². The fourth-order valence-electron chi connectivity index (χ4n) is 0.897. The number of urea groups is 1. The Morgan fingerprint density at radius 2 is 2.31 bits per heavy atom. The van der Waals surface area contributed by atoms with E-state index in [4.69, 9.17) is 0 Å². The van der Waals surface area contributed by atoms with Crippen LogP contribution in [0.3, 0.4) is 0 Å². The molecule has 1 rings (SSSR count). The highest BCUT2D eigenvalue weighted by atomic mass is 16.2. The molecular weight excluding hydrogens is 166 g/mol. The van der Waals surface area contributed by atoms with Crippen molar-refractivity contribution in [1.29, 1.82) is 0 Å². The summed E-state index contributed by atoms with van der Waals surface area (Å²) >= 11 is 0. The van der Waals surface area contributed by atoms with Crippen molar-refractivity contribution in [2.24, 2.45) is 0 Å². The molecule has 0 fully saturated rings. The van der Waals surface area contributed by atoms with Crippen LogP contribution in [0, 0.1) is 0 Å². The van der Waals surface area contributed by atoms with Crippen molar-refractivity contribution < 1.29 is 4.79 Å². The van der Waals surface area contributed by atoms with Gasteiger partial charge in [0, 0.05) is 12.7 Å². The van der Waals surface area contributed by atoms with E-state index in [2.05, 4.69) is 15.6 Å². The summed E-state index contributed by atoms with van der Waals surface area (Å²) in [6.45, 7) is 2.97. The van der Waals surface area contributed by atoms with Gasteiger partial charge in [-0.2, -0.15) is 0 Å². The maximum absolute atomic E-state index is 11.0. The minimum atomic E-state index is -0.159. The summed E-state index contributed by atoms with van der Waals surface area (Å²) in [5, 5.41) is 5.33. The summed E-state index contributed by atoms with van der Waals surface area (Å²) < 4.78 is 0. The zero-order chi connectivity index (χ0) is 9.52. The molecule has 0 saturated heterocycles. The highest BCUT2D eigenvalue weighted by molar-refractivity contribution is 5.73. The zero-order valence-electron chi connectivity index (χ0n) is 7.58. The number of aromatic nitrogens is 1. The van der Waals surface area contributed by atoms with Gasteiger partial charge in [0.1, 0.15) is 0 Å². The van der Waals surface area contributed by atoms with Gasteiger partial charge >= 0.3 is 6.03 Å². The summed E-state index contributed by atoms with van der Waals surface area (Å²) in [7, 11) is 0. The average Bonchev–Trinajstić information content (AvgIpc) is 2.17. The van der Waals surface area contributed by atoms with E-state index in [1.165, 1.54) is 0 Å². The summed E-state index contributed by atoms with van der Waals surface area (Å²) in [4.78, 5) is 15.0. The van der Waals surface area contributed by atoms with Gasteiger partial charge in [-0.15, -0.1) is 0 Å². The molecule has 4 nitrogen and oxygen atoms in total. The van der Waals surface area contributed by atoms with Gasteiger partial charge in [0.2, 0.25) is 0 Å². The Bertz CT molecular complexity index is 261. The van der Waals surface area contributed by atoms with Crippen LogP contribution in [0.5, 0.6) is 0 Å². The van der Waals surface area contributed by atoms with E-state index in [-0.39, 0.29) is 6.03 Å². The number of carbonyl (C=O) groups is 1. The molecule has 1 heterocycles. The van der Waals surface area contributed by atoms with Gasteiger partial charge in [0.05, 0.1) is 12.2 Å². The molecule has 0 unspecified atom stereocenters. The van der Waals surface area contributed by atoms with E-state index in [1.54, 1.807) is 6.20 Å². The molecule has 0 atom stereocenters. The molecule has 0 radical (unpaired) electrons. The molecule has 13 heavy (non-hydrogen) atoms. The van der Waals surface area contributed by atoms with Crippen LogP contribution < -0.4 is 10.6 Å². The molecule has 1 aromatic rings. The van der Waals surface area contributed by atoms with E-state index in [1.807, 2.05) is 25.1 Å². The van der Waals surface area contributed by atoms with Gasteiger partial charge in [0.15, 0.2) is 0 Å². The van der Waals surface area contributed by atoms with E-state index in [0.717, 1.165) is 5.69 Å². The van der Waals surface area contributed by atoms with E-state index < -0.39 is 0 Å². The molecule has 0 aliphatic heterocycles. The molecule has 0 saturated carbocycles. The third kappa shape index (κ3) is 3.55. The number of rotatable bonds is 3. The summed E-state index contributed by atoms with van der Waals surface area (Å²) in [6, 6.07) is 5.44. The lowest BCUT2D eigenvalue weighted by molar-refractivity contribution is 0.241. The molecule has 2 amide bonds. The number of hydrogen-bond donors (Lipinski definition) is 2. The van der Waals surface area contributed by atoms with Crippen molar-refractivity contribution in [1.82, 2.24) is 15.6 Å². The molecular formula is C9H13N3O. The standard InChI is InChI=1S/C9H13N3O/c1-2-10-9(13)12-7-8-5-3-4-6-11-8/h3-6H,2,7H2,1H3,(H2,10,12,13). The van der Waals surface area contributed by atoms with E-state index in [9.17, 15) is 4.79 Å². The van der Waals surface area contributed by atoms with Crippen LogP contribution in [0.15, 0.2) is 24.4 Å². The van der Waals surface area contributed by atoms with Crippen molar-refractivity contribution in [2.45, 2.75) is 13.5 Å². The number of carbonyl (C=O) groups excluding carboxylic acids is 1. The number of nitrogens with zero attached hydrogens (tertiary/aromatic N) is 1. The number of hydrogen-bond acceptors (Lipinski definition) is 2. The third-order valence-corrected chi connectivity index (χ3v) is 1.49. The predicted molar refractivity (Wildman–Crippen MR) is 50.1 cm³/mol. The molecule has 4 heteroatoms. The van der Waals surface area contributed by atoms with E-state index >= 15 is 0 Å². The Morgan fingerprint density at radius 1 is 1.46 bits per heavy atom. The first-order valence-corrected chi connectivity index (χ1v) is 4.24. The molecule has 0 bridgehead atoms. The van der Waals surface area contributed by atoms with Crippen molar-refractivity contribution in [2.75, 3.05) is 6.54 Å². The SMILES string of the molecule is CCNC(=O)NCc1ccccn1. The summed E-state index contributed by atoms with van der Waals surface area (Å²) in [5.41, 5.74) is 0.855. The van der Waals surface area contributed by atoms with Crippen LogP contribution in [0.1, 0.15) is 12.6 Å². The van der Waals surface area contributed by atoms with Crippen molar-refractivity contribution in [3.05, 3.63) is 30.1 Å². The monoisotopic (exact) mass is 179 g/mol. The Balaban J connectivity index is 2.31. The first kappa shape index (κ1) is 9.51. The minimum absolute atomic E-state index is 0.159. The maximum Gasteiger partial charge on any atom is 0.315 e. The Kier molecular flexibility index (Phi) is 3.75. The molecule has 0 aromatic carbocycles. The first-order valence-electron chi connectivity index (χ1n) is 4.24. The van der Waals surface area contributed by atoms with Gasteiger partial charge < -0.3 is 10.6 Å². The Morgan fingerprint density at radius 3 is 2.92 bits per heavy atom. The predicted octanol–water partition coefficient (Wildman–Crippen LogP) is 0.901. The number of amides is 2. The lowest BCUT2D eigenvalue weighted by Gasteiger charge is -2.04. The lowest BCUT2D eigenvalue weighted by Crippen LogP contribution is -2.34. The van der Waals surface area contributed by atoms with Crippen LogP contribution in [0.25, 0.3) is 0 Å². The van der Waals surface area contributed by atoms with Gasteiger partial charge in [-0.3, -0.25) is 4.98 Å². The van der Waals surface area contributed by atoms with E-state index in [0.29, 0.717) is 13.1 Å². The minimum Gasteiger partial charge on any atom is -0.338 e. The quantitative estimate of drug-likeness (QED) is 0.724. The Labute approximate surface area is 77.4 Å². The van der Waals surface area contributed by atoms with Crippen LogP contribution in [-0.2, 0) is 6.54 Å². The summed E-state index contributed by atoms with van der Waals surface area (Å²) in [6.07, 6.45) is 1.70. The molecule has 0 aliphatic carbocycles. The molecule has 1 aromatic heterocycles. The topological polar surface area (TPSA) is 54.0 Å². The van der Waals surface area contributed by atoms with Crippen LogP contribution in [0.2, 0.25) is 0 Å². The first-order chi connectivity index (χ1) is 6.33. The van der Waals surface area contributed by atoms with Gasteiger partial charge in [0.25, 0.3) is 0 Å². The fourth-order valence-corrected chi connectivity index (χ4v) is 0.897. The highest BCUT2D eigenvalue weighted by Crippen LogP contribution is 1.91. The highest BCUT2D eigenvalue weighted by Gasteiger charge is 1.97. The van der Waals surface area contributed by atoms with Crippen LogP contribution in [-0.4, -0.2) is 17.6 Å². The number of pyridine rings is 1. The van der Waals surface area contributed by atoms with Gasteiger partial charge in [-0.1, -0.05) is 6.07 Å². The van der Waals surface area contributed by atoms with Crippen molar-refractivity contribution >= 4 is 6.03 Å². The van der Waals surface area contributed by atoms with Crippen molar-refractivity contribution in [3.63, 3.8) is 0 Å². The summed E-state index contributed by atoms with van der Waals surface area (Å²) in [5.74, 6) is 0. The third-order valence-electron chi connectivity index (χ3n) is 1.49. The fraction of sp³-hybridized carbons (Fsp3) is 0.333. The molecule has 0 spiro atoms. The lowest BCUT2D eigenvalue weighted by atomic mass is 10.3.